The van der Waals surface area contributed by atoms with E-state index in [4.69, 9.17) is 4.98 Å². The first-order chi connectivity index (χ1) is 15.7. The molecule has 1 fully saturated rings. The largest absolute Gasteiger partial charge is 0.309 e. The molecule has 3 heterocycles. The molecular formula is C23H30N4O3S3. The Labute approximate surface area is 203 Å². The summed E-state index contributed by atoms with van der Waals surface area (Å²) >= 11 is 2.70. The normalized spacial score (nSPS) is 17.3. The zero-order valence-corrected chi connectivity index (χ0v) is 21.9. The van der Waals surface area contributed by atoms with Crippen molar-refractivity contribution in [3.63, 3.8) is 0 Å². The van der Waals surface area contributed by atoms with Crippen LogP contribution in [0.3, 0.4) is 0 Å². The number of thiophene rings is 1. The molecule has 33 heavy (non-hydrogen) atoms. The van der Waals surface area contributed by atoms with Gasteiger partial charge in [0.15, 0.2) is 5.13 Å². The lowest BCUT2D eigenvalue weighted by atomic mass is 10.1. The molecule has 7 nitrogen and oxygen atoms in total. The number of rotatable bonds is 8. The highest BCUT2D eigenvalue weighted by atomic mass is 32.2. The molecule has 0 saturated carbocycles. The van der Waals surface area contributed by atoms with E-state index in [1.165, 1.54) is 27.0 Å². The number of hydrogen-bond acceptors (Lipinski definition) is 7. The fraction of sp³-hybridized carbons (Fsp3) is 0.478. The molecule has 0 spiro atoms. The summed E-state index contributed by atoms with van der Waals surface area (Å²) < 4.78 is 29.2. The minimum absolute atomic E-state index is 0.180. The molecular weight excluding hydrogens is 476 g/mol. The van der Waals surface area contributed by atoms with E-state index in [2.05, 4.69) is 11.0 Å². The van der Waals surface area contributed by atoms with Crippen LogP contribution >= 0.6 is 22.7 Å². The predicted molar refractivity (Wildman–Crippen MR) is 136 cm³/mol. The van der Waals surface area contributed by atoms with Crippen LogP contribution in [0.2, 0.25) is 0 Å². The molecule has 0 N–H and O–H groups in total. The number of thiazole rings is 1. The number of anilines is 1. The Morgan fingerprint density at radius 3 is 2.61 bits per heavy atom. The van der Waals surface area contributed by atoms with Crippen molar-refractivity contribution in [3.8, 4) is 0 Å². The van der Waals surface area contributed by atoms with Gasteiger partial charge in [0.1, 0.15) is 10.3 Å². The van der Waals surface area contributed by atoms with Gasteiger partial charge in [0.05, 0.1) is 10.2 Å². The van der Waals surface area contributed by atoms with Crippen LogP contribution in [0, 0.1) is 13.8 Å². The van der Waals surface area contributed by atoms with Crippen molar-refractivity contribution in [2.75, 3.05) is 38.6 Å². The van der Waals surface area contributed by atoms with Crippen LogP contribution in [0.15, 0.2) is 33.9 Å². The van der Waals surface area contributed by atoms with Crippen molar-refractivity contribution < 1.29 is 13.2 Å². The maximum atomic E-state index is 13.9. The minimum Gasteiger partial charge on any atom is -0.309 e. The number of benzene rings is 1. The second-order valence-electron chi connectivity index (χ2n) is 8.73. The van der Waals surface area contributed by atoms with Gasteiger partial charge in [-0.3, -0.25) is 9.69 Å². The number of amides is 1. The molecule has 10 heteroatoms. The first kappa shape index (κ1) is 24.3. The van der Waals surface area contributed by atoms with E-state index >= 15 is 0 Å². The summed E-state index contributed by atoms with van der Waals surface area (Å²) in [6, 6.07) is 6.75. The average Bonchev–Trinajstić information content (AvgIpc) is 3.53. The fourth-order valence-electron chi connectivity index (χ4n) is 4.19. The molecule has 0 bridgehead atoms. The van der Waals surface area contributed by atoms with Gasteiger partial charge in [0, 0.05) is 13.1 Å². The van der Waals surface area contributed by atoms with E-state index in [-0.39, 0.29) is 10.1 Å². The van der Waals surface area contributed by atoms with Crippen molar-refractivity contribution in [1.29, 1.82) is 0 Å². The van der Waals surface area contributed by atoms with Crippen LogP contribution in [0.5, 0.6) is 0 Å². The van der Waals surface area contributed by atoms with Crippen molar-refractivity contribution in [2.45, 2.75) is 43.4 Å². The fourth-order valence-corrected chi connectivity index (χ4v) is 8.10. The van der Waals surface area contributed by atoms with Gasteiger partial charge in [-0.1, -0.05) is 29.5 Å². The lowest BCUT2D eigenvalue weighted by Gasteiger charge is -2.28. The Morgan fingerprint density at radius 2 is 1.94 bits per heavy atom. The van der Waals surface area contributed by atoms with Gasteiger partial charge in [-0.2, -0.15) is 4.31 Å². The number of nitrogens with zero attached hydrogens (tertiary/aromatic N) is 4. The van der Waals surface area contributed by atoms with Crippen molar-refractivity contribution in [3.05, 3.63) is 40.8 Å². The molecule has 3 aromatic rings. The van der Waals surface area contributed by atoms with E-state index in [9.17, 15) is 13.2 Å². The first-order valence-corrected chi connectivity index (χ1v) is 14.2. The van der Waals surface area contributed by atoms with Crippen LogP contribution in [-0.4, -0.2) is 68.3 Å². The zero-order valence-electron chi connectivity index (χ0n) is 19.4. The summed E-state index contributed by atoms with van der Waals surface area (Å²) in [5.74, 6) is -0.180. The molecule has 1 saturated heterocycles. The molecule has 1 aliphatic heterocycles. The van der Waals surface area contributed by atoms with Gasteiger partial charge in [0.25, 0.3) is 10.0 Å². The molecule has 1 aromatic carbocycles. The van der Waals surface area contributed by atoms with Gasteiger partial charge >= 0.3 is 0 Å². The Kier molecular flexibility index (Phi) is 7.20. The molecule has 2 aromatic heterocycles. The van der Waals surface area contributed by atoms with E-state index in [1.807, 2.05) is 34.0 Å². The second kappa shape index (κ2) is 9.79. The van der Waals surface area contributed by atoms with E-state index in [1.54, 1.807) is 22.4 Å². The molecule has 1 amide bonds. The number of aryl methyl sites for hydroxylation is 2. The molecule has 4 rings (SSSR count). The van der Waals surface area contributed by atoms with E-state index in [0.29, 0.717) is 31.1 Å². The Bertz CT molecular complexity index is 1200. The summed E-state index contributed by atoms with van der Waals surface area (Å²) in [6.45, 7) is 5.76. The van der Waals surface area contributed by atoms with Crippen LogP contribution in [0.25, 0.3) is 10.2 Å². The monoisotopic (exact) mass is 506 g/mol. The van der Waals surface area contributed by atoms with Crippen LogP contribution in [-0.2, 0) is 14.8 Å². The summed E-state index contributed by atoms with van der Waals surface area (Å²) in [4.78, 5) is 22.5. The Morgan fingerprint density at radius 1 is 1.18 bits per heavy atom. The Hall–Kier alpha value is -1.85. The number of carbonyl (C=O) groups excluding carboxylic acids is 1. The van der Waals surface area contributed by atoms with Gasteiger partial charge in [-0.05, 0) is 76.3 Å². The highest BCUT2D eigenvalue weighted by molar-refractivity contribution is 7.91. The molecule has 1 atom stereocenters. The third-order valence-corrected chi connectivity index (χ3v) is 10.5. The van der Waals surface area contributed by atoms with Crippen molar-refractivity contribution in [2.24, 2.45) is 0 Å². The van der Waals surface area contributed by atoms with Crippen LogP contribution in [0.4, 0.5) is 5.13 Å². The number of fused-ring (bicyclic) bond motifs is 1. The maximum absolute atomic E-state index is 13.9. The van der Waals surface area contributed by atoms with Crippen molar-refractivity contribution in [1.82, 2.24) is 14.2 Å². The molecule has 0 aliphatic carbocycles. The standard InChI is InChI=1S/C23H30N4O3S3/c1-16-10-11-17(2)21-20(16)24-23(32-21)26(13-7-12-25(3)4)22(28)18-8-5-14-27(18)33(29,30)19-9-6-15-31-19/h6,9-11,15,18H,5,7-8,12-14H2,1-4H3. The highest BCUT2D eigenvalue weighted by Gasteiger charge is 2.42. The second-order valence-corrected chi connectivity index (χ2v) is 12.8. The first-order valence-electron chi connectivity index (χ1n) is 11.1. The van der Waals surface area contributed by atoms with Crippen LogP contribution in [0.1, 0.15) is 30.4 Å². The smallest absolute Gasteiger partial charge is 0.253 e. The van der Waals surface area contributed by atoms with E-state index in [0.717, 1.165) is 34.3 Å². The highest BCUT2D eigenvalue weighted by Crippen LogP contribution is 2.35. The maximum Gasteiger partial charge on any atom is 0.253 e. The minimum atomic E-state index is -3.70. The summed E-state index contributed by atoms with van der Waals surface area (Å²) in [5.41, 5.74) is 3.11. The average molecular weight is 507 g/mol. The number of aromatic nitrogens is 1. The summed E-state index contributed by atoms with van der Waals surface area (Å²) in [5, 5.41) is 2.39. The summed E-state index contributed by atoms with van der Waals surface area (Å²) in [6.07, 6.45) is 1.97. The van der Waals surface area contributed by atoms with Gasteiger partial charge in [0.2, 0.25) is 5.91 Å². The zero-order chi connectivity index (χ0) is 23.8. The Balaban J connectivity index is 1.69. The predicted octanol–water partition coefficient (Wildman–Crippen LogP) is 4.11. The van der Waals surface area contributed by atoms with Crippen molar-refractivity contribution >= 4 is 54.0 Å². The third kappa shape index (κ3) is 4.85. The number of hydrogen-bond donors (Lipinski definition) is 0. The topological polar surface area (TPSA) is 73.8 Å². The number of carbonyl (C=O) groups is 1. The molecule has 0 radical (unpaired) electrons. The molecule has 1 aliphatic rings. The quantitative estimate of drug-likeness (QED) is 0.460. The van der Waals surface area contributed by atoms with Crippen LogP contribution < -0.4 is 4.90 Å². The van der Waals surface area contributed by atoms with Gasteiger partial charge in [-0.25, -0.2) is 13.4 Å². The third-order valence-electron chi connectivity index (χ3n) is 5.96. The van der Waals surface area contributed by atoms with Gasteiger partial charge in [-0.15, -0.1) is 11.3 Å². The lowest BCUT2D eigenvalue weighted by Crippen LogP contribution is -2.48. The SMILES string of the molecule is Cc1ccc(C)c2sc(N(CCCN(C)C)C(=O)C3CCCN3S(=O)(=O)c3cccs3)nc12. The van der Waals surface area contributed by atoms with Gasteiger partial charge < -0.3 is 4.90 Å². The lowest BCUT2D eigenvalue weighted by molar-refractivity contribution is -0.121. The molecule has 1 unspecified atom stereocenters. The van der Waals surface area contributed by atoms with E-state index < -0.39 is 16.1 Å². The molecule has 178 valence electrons. The number of sulfonamides is 1. The summed E-state index contributed by atoms with van der Waals surface area (Å²) in [7, 11) is 0.308.